The van der Waals surface area contributed by atoms with Crippen LogP contribution in [0, 0.1) is 0 Å². The summed E-state index contributed by atoms with van der Waals surface area (Å²) in [7, 11) is 0. The van der Waals surface area contributed by atoms with Crippen molar-refractivity contribution in [3.63, 3.8) is 0 Å². The lowest BCUT2D eigenvalue weighted by atomic mass is 10.2. The number of nitrogens with one attached hydrogen (secondary N) is 2. The summed E-state index contributed by atoms with van der Waals surface area (Å²) in [4.78, 5) is 10.7. The number of carbonyl (C=O) groups excluding carboxylic acids is 1. The van der Waals surface area contributed by atoms with Crippen LogP contribution in [0.3, 0.4) is 0 Å². The van der Waals surface area contributed by atoms with Crippen molar-refractivity contribution in [2.45, 2.75) is 20.8 Å². The largest absolute Gasteiger partial charge is 0.490 e. The van der Waals surface area contributed by atoms with E-state index in [0.29, 0.717) is 26.3 Å². The number of amides is 1. The number of benzene rings is 1. The van der Waals surface area contributed by atoms with Gasteiger partial charge in [-0.05, 0) is 26.0 Å². The van der Waals surface area contributed by atoms with E-state index in [1.54, 1.807) is 0 Å². The predicted octanol–water partition coefficient (Wildman–Crippen LogP) is 2.03. The first-order valence-corrected chi connectivity index (χ1v) is 6.55. The van der Waals surface area contributed by atoms with Crippen LogP contribution in [0.2, 0.25) is 0 Å². The lowest BCUT2D eigenvalue weighted by molar-refractivity contribution is -0.118. The first-order chi connectivity index (χ1) is 9.17. The SMILES string of the molecule is CCOc1ccc(NCCNC(C)=O)cc1OCC. The third-order valence-electron chi connectivity index (χ3n) is 2.37. The van der Waals surface area contributed by atoms with Crippen molar-refractivity contribution >= 4 is 11.6 Å². The zero-order valence-corrected chi connectivity index (χ0v) is 11.8. The van der Waals surface area contributed by atoms with Gasteiger partial charge in [0.25, 0.3) is 0 Å². The topological polar surface area (TPSA) is 59.6 Å². The van der Waals surface area contributed by atoms with E-state index >= 15 is 0 Å². The molecule has 0 aromatic heterocycles. The number of rotatable bonds is 8. The van der Waals surface area contributed by atoms with E-state index in [1.807, 2.05) is 32.0 Å². The van der Waals surface area contributed by atoms with Gasteiger partial charge in [-0.3, -0.25) is 4.79 Å². The van der Waals surface area contributed by atoms with Crippen molar-refractivity contribution in [2.75, 3.05) is 31.6 Å². The van der Waals surface area contributed by atoms with E-state index < -0.39 is 0 Å². The summed E-state index contributed by atoms with van der Waals surface area (Å²) >= 11 is 0. The number of hydrogen-bond donors (Lipinski definition) is 2. The van der Waals surface area contributed by atoms with Gasteiger partial charge in [0, 0.05) is 31.8 Å². The van der Waals surface area contributed by atoms with Crippen LogP contribution < -0.4 is 20.1 Å². The van der Waals surface area contributed by atoms with Gasteiger partial charge in [-0.2, -0.15) is 0 Å². The highest BCUT2D eigenvalue weighted by molar-refractivity contribution is 5.72. The van der Waals surface area contributed by atoms with Crippen LogP contribution in [0.25, 0.3) is 0 Å². The fourth-order valence-electron chi connectivity index (χ4n) is 1.61. The zero-order chi connectivity index (χ0) is 14.1. The molecule has 0 radical (unpaired) electrons. The van der Waals surface area contributed by atoms with Crippen molar-refractivity contribution < 1.29 is 14.3 Å². The van der Waals surface area contributed by atoms with E-state index in [9.17, 15) is 4.79 Å². The van der Waals surface area contributed by atoms with Crippen LogP contribution >= 0.6 is 0 Å². The Kier molecular flexibility index (Phi) is 6.57. The maximum Gasteiger partial charge on any atom is 0.216 e. The maximum atomic E-state index is 10.7. The third kappa shape index (κ3) is 5.50. The molecule has 0 saturated carbocycles. The van der Waals surface area contributed by atoms with Gasteiger partial charge in [-0.25, -0.2) is 0 Å². The standard InChI is InChI=1S/C14H22N2O3/c1-4-18-13-7-6-12(10-14(13)19-5-2)16-9-8-15-11(3)17/h6-7,10,16H,4-5,8-9H2,1-3H3,(H,15,17). The van der Waals surface area contributed by atoms with Gasteiger partial charge >= 0.3 is 0 Å². The summed E-state index contributed by atoms with van der Waals surface area (Å²) < 4.78 is 11.0. The molecule has 5 nitrogen and oxygen atoms in total. The number of hydrogen-bond acceptors (Lipinski definition) is 4. The van der Waals surface area contributed by atoms with Crippen LogP contribution in [-0.2, 0) is 4.79 Å². The van der Waals surface area contributed by atoms with Crippen molar-refractivity contribution in [1.82, 2.24) is 5.32 Å². The quantitative estimate of drug-likeness (QED) is 0.707. The molecule has 106 valence electrons. The number of anilines is 1. The van der Waals surface area contributed by atoms with E-state index in [2.05, 4.69) is 10.6 Å². The molecule has 0 saturated heterocycles. The molecule has 1 rings (SSSR count). The molecule has 0 aliphatic rings. The zero-order valence-electron chi connectivity index (χ0n) is 11.8. The van der Waals surface area contributed by atoms with Crippen LogP contribution in [-0.4, -0.2) is 32.2 Å². The second-order valence-electron chi connectivity index (χ2n) is 3.94. The van der Waals surface area contributed by atoms with Gasteiger partial charge in [-0.15, -0.1) is 0 Å². The average molecular weight is 266 g/mol. The first-order valence-electron chi connectivity index (χ1n) is 6.55. The summed E-state index contributed by atoms with van der Waals surface area (Å²) in [5.74, 6) is 1.45. The molecule has 1 aromatic rings. The Hall–Kier alpha value is -1.91. The molecule has 0 bridgehead atoms. The summed E-state index contributed by atoms with van der Waals surface area (Å²) in [6.45, 7) is 7.84. The molecule has 0 unspecified atom stereocenters. The van der Waals surface area contributed by atoms with E-state index in [-0.39, 0.29) is 5.91 Å². The molecular formula is C14H22N2O3. The van der Waals surface area contributed by atoms with Crippen molar-refractivity contribution in [3.05, 3.63) is 18.2 Å². The first kappa shape index (κ1) is 15.1. The molecule has 0 fully saturated rings. The second-order valence-corrected chi connectivity index (χ2v) is 3.94. The lowest BCUT2D eigenvalue weighted by Gasteiger charge is -2.13. The monoisotopic (exact) mass is 266 g/mol. The van der Waals surface area contributed by atoms with Crippen LogP contribution in [0.4, 0.5) is 5.69 Å². The Morgan fingerprint density at radius 1 is 1.11 bits per heavy atom. The molecule has 0 spiro atoms. The smallest absolute Gasteiger partial charge is 0.216 e. The van der Waals surface area contributed by atoms with Crippen molar-refractivity contribution in [1.29, 1.82) is 0 Å². The molecule has 0 heterocycles. The molecule has 0 atom stereocenters. The summed E-state index contributed by atoms with van der Waals surface area (Å²) in [5, 5.41) is 5.95. The van der Waals surface area contributed by atoms with Gasteiger partial charge in [-0.1, -0.05) is 0 Å². The van der Waals surface area contributed by atoms with Gasteiger partial charge < -0.3 is 20.1 Å². The Morgan fingerprint density at radius 2 is 1.79 bits per heavy atom. The average Bonchev–Trinajstić information content (AvgIpc) is 2.38. The summed E-state index contributed by atoms with van der Waals surface area (Å²) in [6.07, 6.45) is 0. The Morgan fingerprint density at radius 3 is 2.42 bits per heavy atom. The summed E-state index contributed by atoms with van der Waals surface area (Å²) in [5.41, 5.74) is 0.942. The van der Waals surface area contributed by atoms with Crippen molar-refractivity contribution in [2.24, 2.45) is 0 Å². The molecule has 0 aliphatic carbocycles. The van der Waals surface area contributed by atoms with Gasteiger partial charge in [0.1, 0.15) is 0 Å². The number of ether oxygens (including phenoxy) is 2. The van der Waals surface area contributed by atoms with E-state index in [0.717, 1.165) is 17.2 Å². The molecule has 19 heavy (non-hydrogen) atoms. The van der Waals surface area contributed by atoms with Crippen LogP contribution in [0.5, 0.6) is 11.5 Å². The van der Waals surface area contributed by atoms with Crippen LogP contribution in [0.1, 0.15) is 20.8 Å². The molecule has 2 N–H and O–H groups in total. The minimum absolute atomic E-state index is 0.0245. The van der Waals surface area contributed by atoms with E-state index in [1.165, 1.54) is 6.92 Å². The predicted molar refractivity (Wildman–Crippen MR) is 76.0 cm³/mol. The minimum atomic E-state index is -0.0245. The Bertz CT molecular complexity index is 408. The second kappa shape index (κ2) is 8.24. The Balaban J connectivity index is 2.58. The molecular weight excluding hydrogens is 244 g/mol. The molecule has 5 heteroatoms. The highest BCUT2D eigenvalue weighted by Crippen LogP contribution is 2.30. The van der Waals surface area contributed by atoms with Crippen molar-refractivity contribution in [3.8, 4) is 11.5 Å². The molecule has 1 amide bonds. The third-order valence-corrected chi connectivity index (χ3v) is 2.37. The normalized spacial score (nSPS) is 9.84. The van der Waals surface area contributed by atoms with Gasteiger partial charge in [0.05, 0.1) is 13.2 Å². The Labute approximate surface area is 114 Å². The van der Waals surface area contributed by atoms with E-state index in [4.69, 9.17) is 9.47 Å². The number of carbonyl (C=O) groups is 1. The van der Waals surface area contributed by atoms with Crippen LogP contribution in [0.15, 0.2) is 18.2 Å². The minimum Gasteiger partial charge on any atom is -0.490 e. The molecule has 0 aliphatic heterocycles. The highest BCUT2D eigenvalue weighted by Gasteiger charge is 2.05. The highest BCUT2D eigenvalue weighted by atomic mass is 16.5. The van der Waals surface area contributed by atoms with Gasteiger partial charge in [0.2, 0.25) is 5.91 Å². The molecule has 1 aromatic carbocycles. The fourth-order valence-corrected chi connectivity index (χ4v) is 1.61. The van der Waals surface area contributed by atoms with Gasteiger partial charge in [0.15, 0.2) is 11.5 Å². The lowest BCUT2D eigenvalue weighted by Crippen LogP contribution is -2.26. The maximum absolute atomic E-state index is 10.7. The fraction of sp³-hybridized carbons (Fsp3) is 0.500. The summed E-state index contributed by atoms with van der Waals surface area (Å²) in [6, 6.07) is 5.72.